The summed E-state index contributed by atoms with van der Waals surface area (Å²) in [4.78, 5) is 41.9. The van der Waals surface area contributed by atoms with Crippen LogP contribution in [0, 0.1) is 0 Å². The Hall–Kier alpha value is -2.78. The first-order chi connectivity index (χ1) is 14.7. The quantitative estimate of drug-likeness (QED) is 0.414. The van der Waals surface area contributed by atoms with Crippen molar-refractivity contribution in [1.29, 1.82) is 0 Å². The van der Waals surface area contributed by atoms with Crippen LogP contribution in [0.5, 0.6) is 0 Å². The molecule has 1 amide bonds. The van der Waals surface area contributed by atoms with Gasteiger partial charge in [-0.1, -0.05) is 42.1 Å². The van der Waals surface area contributed by atoms with Crippen molar-refractivity contribution in [2.45, 2.75) is 10.8 Å². The van der Waals surface area contributed by atoms with Crippen LogP contribution in [0.2, 0.25) is 0 Å². The lowest BCUT2D eigenvalue weighted by atomic mass is 10.2. The minimum Gasteiger partial charge on any atom is -0.339 e. The molecule has 9 heteroatoms. The molecule has 0 atom stereocenters. The predicted octanol–water partition coefficient (Wildman–Crippen LogP) is 2.80. The first-order valence-electron chi connectivity index (χ1n) is 9.64. The maximum absolute atomic E-state index is 12.7. The van der Waals surface area contributed by atoms with Crippen LogP contribution in [0.25, 0.3) is 0 Å². The summed E-state index contributed by atoms with van der Waals surface area (Å²) in [7, 11) is 0. The van der Waals surface area contributed by atoms with Gasteiger partial charge >= 0.3 is 0 Å². The number of benzene rings is 1. The Labute approximate surface area is 183 Å². The lowest BCUT2D eigenvalue weighted by Crippen LogP contribution is -2.49. The second-order valence-corrected chi connectivity index (χ2v) is 8.86. The summed E-state index contributed by atoms with van der Waals surface area (Å²) in [6.45, 7) is 2.73. The van der Waals surface area contributed by atoms with Gasteiger partial charge in [-0.05, 0) is 6.07 Å². The third-order valence-electron chi connectivity index (χ3n) is 4.75. The highest BCUT2D eigenvalue weighted by molar-refractivity contribution is 8.01. The molecule has 1 aromatic carbocycles. The van der Waals surface area contributed by atoms with Gasteiger partial charge in [-0.2, -0.15) is 0 Å². The molecule has 154 valence electrons. The van der Waals surface area contributed by atoms with E-state index in [2.05, 4.69) is 19.9 Å². The van der Waals surface area contributed by atoms with Gasteiger partial charge in [0.1, 0.15) is 0 Å². The molecule has 0 N–H and O–H groups in total. The molecule has 0 aliphatic carbocycles. The van der Waals surface area contributed by atoms with E-state index < -0.39 is 0 Å². The number of ketones is 1. The van der Waals surface area contributed by atoms with Crippen molar-refractivity contribution in [3.63, 3.8) is 0 Å². The number of hydrogen-bond acceptors (Lipinski definition) is 8. The van der Waals surface area contributed by atoms with Gasteiger partial charge in [-0.15, -0.1) is 11.3 Å². The summed E-state index contributed by atoms with van der Waals surface area (Å²) >= 11 is 2.89. The number of amides is 1. The van der Waals surface area contributed by atoms with Crippen molar-refractivity contribution in [2.75, 3.05) is 36.8 Å². The van der Waals surface area contributed by atoms with E-state index >= 15 is 0 Å². The number of thiazole rings is 1. The molecule has 0 unspecified atom stereocenters. The molecule has 7 nitrogen and oxygen atoms in total. The minimum absolute atomic E-state index is 0.0749. The molecule has 0 spiro atoms. The summed E-state index contributed by atoms with van der Waals surface area (Å²) in [5.41, 5.74) is 1.46. The fourth-order valence-electron chi connectivity index (χ4n) is 3.15. The van der Waals surface area contributed by atoms with Crippen LogP contribution in [-0.4, -0.2) is 63.5 Å². The van der Waals surface area contributed by atoms with E-state index in [9.17, 15) is 9.59 Å². The summed E-state index contributed by atoms with van der Waals surface area (Å²) in [5.74, 6) is 1.20. The minimum atomic E-state index is 0.0749. The number of thioether (sulfide) groups is 1. The fraction of sp³-hybridized carbons (Fsp3) is 0.286. The van der Waals surface area contributed by atoms with Crippen LogP contribution in [0.3, 0.4) is 0 Å². The lowest BCUT2D eigenvalue weighted by Gasteiger charge is -2.34. The third-order valence-corrected chi connectivity index (χ3v) is 6.82. The van der Waals surface area contributed by atoms with E-state index in [1.54, 1.807) is 18.5 Å². The Morgan fingerprint density at radius 1 is 1.00 bits per heavy atom. The molecule has 1 aliphatic heterocycles. The van der Waals surface area contributed by atoms with E-state index in [0.29, 0.717) is 30.4 Å². The lowest BCUT2D eigenvalue weighted by molar-refractivity contribution is -0.130. The first-order valence-corrected chi connectivity index (χ1v) is 11.5. The smallest absolute Gasteiger partial charge is 0.228 e. The highest BCUT2D eigenvalue weighted by Crippen LogP contribution is 2.24. The van der Waals surface area contributed by atoms with Gasteiger partial charge in [0.05, 0.1) is 17.9 Å². The number of aromatic nitrogens is 3. The maximum atomic E-state index is 12.7. The van der Waals surface area contributed by atoms with E-state index in [1.165, 1.54) is 23.1 Å². The first kappa shape index (κ1) is 20.5. The van der Waals surface area contributed by atoms with Crippen molar-refractivity contribution < 1.29 is 9.59 Å². The standard InChI is InChI=1S/C21H21N5O2S2/c27-18(16-5-2-1-3-6-16)15-30-21-24-17(14-29-21)13-19(28)25-9-11-26(12-10-25)20-22-7-4-8-23-20/h1-8,14H,9-13,15H2. The van der Waals surface area contributed by atoms with Crippen molar-refractivity contribution in [3.8, 4) is 0 Å². The number of piperazine rings is 1. The zero-order valence-corrected chi connectivity index (χ0v) is 17.9. The highest BCUT2D eigenvalue weighted by Gasteiger charge is 2.23. The van der Waals surface area contributed by atoms with Gasteiger partial charge in [0.15, 0.2) is 10.1 Å². The van der Waals surface area contributed by atoms with E-state index in [-0.39, 0.29) is 18.1 Å². The summed E-state index contributed by atoms with van der Waals surface area (Å²) in [5, 5.41) is 1.90. The Kier molecular flexibility index (Phi) is 6.70. The molecule has 30 heavy (non-hydrogen) atoms. The van der Waals surface area contributed by atoms with Gasteiger partial charge in [0.2, 0.25) is 11.9 Å². The van der Waals surface area contributed by atoms with Crippen molar-refractivity contribution >= 4 is 40.7 Å². The summed E-state index contributed by atoms with van der Waals surface area (Å²) < 4.78 is 0.813. The van der Waals surface area contributed by atoms with Gasteiger partial charge in [0.25, 0.3) is 0 Å². The average Bonchev–Trinajstić information content (AvgIpc) is 3.26. The second-order valence-electron chi connectivity index (χ2n) is 6.78. The number of hydrogen-bond donors (Lipinski definition) is 0. The molecule has 1 saturated heterocycles. The SMILES string of the molecule is O=C(CSc1nc(CC(=O)N2CCN(c3ncccn3)CC2)cs1)c1ccccc1. The number of rotatable bonds is 7. The monoisotopic (exact) mass is 439 g/mol. The molecule has 0 bridgehead atoms. The van der Waals surface area contributed by atoms with E-state index in [4.69, 9.17) is 0 Å². The van der Waals surface area contributed by atoms with Crippen molar-refractivity contribution in [1.82, 2.24) is 19.9 Å². The molecular weight excluding hydrogens is 418 g/mol. The Bertz CT molecular complexity index is 989. The average molecular weight is 440 g/mol. The van der Waals surface area contributed by atoms with Gasteiger partial charge in [0, 0.05) is 49.5 Å². The predicted molar refractivity (Wildman–Crippen MR) is 118 cm³/mol. The number of nitrogens with zero attached hydrogens (tertiary/aromatic N) is 5. The molecule has 2 aromatic heterocycles. The Morgan fingerprint density at radius 2 is 1.73 bits per heavy atom. The largest absolute Gasteiger partial charge is 0.339 e. The van der Waals surface area contributed by atoms with E-state index in [1.807, 2.05) is 40.6 Å². The maximum Gasteiger partial charge on any atom is 0.228 e. The molecule has 1 fully saturated rings. The molecular formula is C21H21N5O2S2. The molecule has 3 heterocycles. The van der Waals surface area contributed by atoms with E-state index in [0.717, 1.165) is 23.1 Å². The van der Waals surface area contributed by atoms with Crippen LogP contribution >= 0.6 is 23.1 Å². The van der Waals surface area contributed by atoms with Crippen molar-refractivity contribution in [2.24, 2.45) is 0 Å². The topological polar surface area (TPSA) is 79.3 Å². The number of Topliss-reactive ketones (excluding diaryl/α,β-unsaturated/α-hetero) is 1. The zero-order valence-electron chi connectivity index (χ0n) is 16.3. The number of anilines is 1. The molecule has 1 aliphatic rings. The summed E-state index contributed by atoms with van der Waals surface area (Å²) in [6, 6.07) is 11.0. The van der Waals surface area contributed by atoms with Crippen LogP contribution in [0.15, 0.2) is 58.5 Å². The van der Waals surface area contributed by atoms with Crippen LogP contribution < -0.4 is 4.90 Å². The Morgan fingerprint density at radius 3 is 2.47 bits per heavy atom. The molecule has 0 saturated carbocycles. The van der Waals surface area contributed by atoms with Crippen molar-refractivity contribution in [3.05, 3.63) is 65.4 Å². The number of carbonyl (C=O) groups excluding carboxylic acids is 2. The fourth-order valence-corrected chi connectivity index (χ4v) is 4.89. The zero-order chi connectivity index (χ0) is 20.8. The Balaban J connectivity index is 1.25. The molecule has 0 radical (unpaired) electrons. The normalized spacial score (nSPS) is 14.0. The summed E-state index contributed by atoms with van der Waals surface area (Å²) in [6.07, 6.45) is 3.74. The third kappa shape index (κ3) is 5.22. The van der Waals surface area contributed by atoms with Gasteiger partial charge in [-0.3, -0.25) is 9.59 Å². The van der Waals surface area contributed by atoms with Crippen LogP contribution in [0.4, 0.5) is 5.95 Å². The number of carbonyl (C=O) groups is 2. The molecule has 4 rings (SSSR count). The molecule has 3 aromatic rings. The van der Waals surface area contributed by atoms with Crippen LogP contribution in [-0.2, 0) is 11.2 Å². The van der Waals surface area contributed by atoms with Crippen LogP contribution in [0.1, 0.15) is 16.1 Å². The highest BCUT2D eigenvalue weighted by atomic mass is 32.2. The van der Waals surface area contributed by atoms with Gasteiger partial charge < -0.3 is 9.80 Å². The second kappa shape index (κ2) is 9.82. The van der Waals surface area contributed by atoms with Gasteiger partial charge in [-0.25, -0.2) is 15.0 Å².